The van der Waals surface area contributed by atoms with Crippen molar-refractivity contribution in [3.05, 3.63) is 46.5 Å². The highest BCUT2D eigenvalue weighted by atomic mass is 35.5. The van der Waals surface area contributed by atoms with E-state index in [9.17, 15) is 4.79 Å². The fourth-order valence-corrected chi connectivity index (χ4v) is 1.84. The van der Waals surface area contributed by atoms with Crippen LogP contribution >= 0.6 is 11.6 Å². The van der Waals surface area contributed by atoms with Crippen molar-refractivity contribution in [2.75, 3.05) is 5.73 Å². The number of hydrogen-bond acceptors (Lipinski definition) is 2. The molecule has 0 spiro atoms. The lowest BCUT2D eigenvalue weighted by atomic mass is 9.88. The molecular formula is C12H10ClNO. The molecule has 1 aliphatic carbocycles. The highest BCUT2D eigenvalue weighted by molar-refractivity contribution is 6.41. The van der Waals surface area contributed by atoms with Crippen LogP contribution in [0.4, 0.5) is 5.69 Å². The van der Waals surface area contributed by atoms with Gasteiger partial charge >= 0.3 is 0 Å². The SMILES string of the molecule is C=C1C(Cl)=C(C)C(=O)c2ccc(N)cc21. The van der Waals surface area contributed by atoms with Gasteiger partial charge in [-0.2, -0.15) is 0 Å². The molecule has 2 rings (SSSR count). The summed E-state index contributed by atoms with van der Waals surface area (Å²) in [6.45, 7) is 5.57. The maximum Gasteiger partial charge on any atom is 0.190 e. The summed E-state index contributed by atoms with van der Waals surface area (Å²) in [5, 5.41) is 0.429. The maximum atomic E-state index is 11.9. The van der Waals surface area contributed by atoms with Gasteiger partial charge in [-0.3, -0.25) is 4.79 Å². The van der Waals surface area contributed by atoms with Gasteiger partial charge in [-0.25, -0.2) is 0 Å². The number of hydrogen-bond donors (Lipinski definition) is 1. The van der Waals surface area contributed by atoms with Crippen LogP contribution in [0.25, 0.3) is 5.57 Å². The van der Waals surface area contributed by atoms with E-state index >= 15 is 0 Å². The van der Waals surface area contributed by atoms with E-state index in [4.69, 9.17) is 17.3 Å². The number of anilines is 1. The van der Waals surface area contributed by atoms with Gasteiger partial charge in [-0.15, -0.1) is 0 Å². The number of nitrogens with two attached hydrogens (primary N) is 1. The van der Waals surface area contributed by atoms with Gasteiger partial charge < -0.3 is 5.73 Å². The normalized spacial score (nSPS) is 15.6. The number of nitrogen functional groups attached to an aromatic ring is 1. The molecule has 1 aromatic carbocycles. The van der Waals surface area contributed by atoms with Gasteiger partial charge in [-0.1, -0.05) is 18.2 Å². The molecule has 0 aliphatic heterocycles. The molecule has 0 unspecified atom stereocenters. The fraction of sp³-hybridized carbons (Fsp3) is 0.0833. The molecule has 15 heavy (non-hydrogen) atoms. The van der Waals surface area contributed by atoms with Crippen LogP contribution in [0.1, 0.15) is 22.8 Å². The van der Waals surface area contributed by atoms with Gasteiger partial charge in [0, 0.05) is 16.8 Å². The molecule has 0 saturated heterocycles. The summed E-state index contributed by atoms with van der Waals surface area (Å²) >= 11 is 6.01. The van der Waals surface area contributed by atoms with E-state index in [1.165, 1.54) is 0 Å². The Hall–Kier alpha value is -1.54. The van der Waals surface area contributed by atoms with Gasteiger partial charge in [0.2, 0.25) is 0 Å². The number of allylic oxidation sites excluding steroid dienone is 3. The quantitative estimate of drug-likeness (QED) is 0.682. The zero-order valence-electron chi connectivity index (χ0n) is 8.30. The van der Waals surface area contributed by atoms with Crippen molar-refractivity contribution >= 4 is 28.6 Å². The van der Waals surface area contributed by atoms with Crippen LogP contribution in [-0.2, 0) is 0 Å². The Bertz CT molecular complexity index is 514. The minimum Gasteiger partial charge on any atom is -0.399 e. The monoisotopic (exact) mass is 219 g/mol. The van der Waals surface area contributed by atoms with Crippen LogP contribution in [0.3, 0.4) is 0 Å². The summed E-state index contributed by atoms with van der Waals surface area (Å²) in [6, 6.07) is 5.14. The standard InChI is InChI=1S/C12H10ClNO/c1-6-10-5-8(14)3-4-9(10)12(15)7(2)11(6)13/h3-5H,1,14H2,2H3. The molecule has 0 heterocycles. The highest BCUT2D eigenvalue weighted by Gasteiger charge is 2.24. The first-order valence-corrected chi connectivity index (χ1v) is 4.90. The predicted octanol–water partition coefficient (Wildman–Crippen LogP) is 2.99. The lowest BCUT2D eigenvalue weighted by molar-refractivity contribution is 0.103. The Morgan fingerprint density at radius 1 is 1.33 bits per heavy atom. The summed E-state index contributed by atoms with van der Waals surface area (Å²) in [5.41, 5.74) is 8.82. The smallest absolute Gasteiger partial charge is 0.190 e. The second-order valence-corrected chi connectivity index (χ2v) is 3.93. The van der Waals surface area contributed by atoms with Gasteiger partial charge in [0.1, 0.15) is 0 Å². The van der Waals surface area contributed by atoms with Crippen LogP contribution in [-0.4, -0.2) is 5.78 Å². The number of ketones is 1. The molecular weight excluding hydrogens is 210 g/mol. The molecule has 0 bridgehead atoms. The fourth-order valence-electron chi connectivity index (χ4n) is 1.66. The van der Waals surface area contributed by atoms with E-state index in [0.29, 0.717) is 27.4 Å². The van der Waals surface area contributed by atoms with Crippen molar-refractivity contribution in [2.24, 2.45) is 0 Å². The van der Waals surface area contributed by atoms with Crippen LogP contribution in [0.15, 0.2) is 35.4 Å². The van der Waals surface area contributed by atoms with Crippen LogP contribution in [0, 0.1) is 0 Å². The average Bonchev–Trinajstić information content (AvgIpc) is 2.23. The average molecular weight is 220 g/mol. The molecule has 1 aromatic rings. The molecule has 2 nitrogen and oxygen atoms in total. The van der Waals surface area contributed by atoms with Gasteiger partial charge in [0.15, 0.2) is 5.78 Å². The van der Waals surface area contributed by atoms with Crippen molar-refractivity contribution in [1.82, 2.24) is 0 Å². The number of benzene rings is 1. The minimum absolute atomic E-state index is 0.0533. The molecule has 76 valence electrons. The van der Waals surface area contributed by atoms with Gasteiger partial charge in [-0.05, 0) is 36.3 Å². The number of fused-ring (bicyclic) bond motifs is 1. The summed E-state index contributed by atoms with van der Waals surface area (Å²) < 4.78 is 0. The Balaban J connectivity index is 2.73. The Labute approximate surface area is 93.0 Å². The molecule has 0 radical (unpaired) electrons. The highest BCUT2D eigenvalue weighted by Crippen LogP contribution is 2.36. The molecule has 3 heteroatoms. The van der Waals surface area contributed by atoms with E-state index in [1.54, 1.807) is 25.1 Å². The summed E-state index contributed by atoms with van der Waals surface area (Å²) in [6.07, 6.45) is 0. The van der Waals surface area contributed by atoms with Gasteiger partial charge in [0.05, 0.1) is 5.03 Å². The van der Waals surface area contributed by atoms with Crippen LogP contribution in [0.5, 0.6) is 0 Å². The molecule has 0 saturated carbocycles. The van der Waals surface area contributed by atoms with Crippen molar-refractivity contribution in [3.63, 3.8) is 0 Å². The minimum atomic E-state index is -0.0533. The number of Topliss-reactive ketones (excluding diaryl/α,β-unsaturated/α-hetero) is 1. The molecule has 0 atom stereocenters. The number of carbonyl (C=O) groups excluding carboxylic acids is 1. The second-order valence-electron chi connectivity index (χ2n) is 3.55. The topological polar surface area (TPSA) is 43.1 Å². The number of rotatable bonds is 0. The summed E-state index contributed by atoms with van der Waals surface area (Å²) in [7, 11) is 0. The van der Waals surface area contributed by atoms with Crippen LogP contribution in [0.2, 0.25) is 0 Å². The van der Waals surface area contributed by atoms with Crippen molar-refractivity contribution in [1.29, 1.82) is 0 Å². The third kappa shape index (κ3) is 1.38. The lowest BCUT2D eigenvalue weighted by Gasteiger charge is -2.18. The molecule has 0 aromatic heterocycles. The van der Waals surface area contributed by atoms with E-state index in [-0.39, 0.29) is 5.78 Å². The first-order chi connectivity index (χ1) is 7.02. The zero-order valence-corrected chi connectivity index (χ0v) is 9.06. The van der Waals surface area contributed by atoms with E-state index in [2.05, 4.69) is 6.58 Å². The van der Waals surface area contributed by atoms with Crippen LogP contribution < -0.4 is 5.73 Å². The zero-order chi connectivity index (χ0) is 11.2. The first-order valence-electron chi connectivity index (χ1n) is 4.52. The first kappa shape index (κ1) is 9.99. The van der Waals surface area contributed by atoms with Crippen molar-refractivity contribution in [2.45, 2.75) is 6.92 Å². The van der Waals surface area contributed by atoms with Crippen molar-refractivity contribution in [3.8, 4) is 0 Å². The number of halogens is 1. The van der Waals surface area contributed by atoms with Gasteiger partial charge in [0.25, 0.3) is 0 Å². The van der Waals surface area contributed by atoms with E-state index in [1.807, 2.05) is 0 Å². The van der Waals surface area contributed by atoms with E-state index < -0.39 is 0 Å². The number of carbonyl (C=O) groups is 1. The summed E-state index contributed by atoms with van der Waals surface area (Å²) in [5.74, 6) is -0.0533. The lowest BCUT2D eigenvalue weighted by Crippen LogP contribution is -2.12. The molecule has 0 fully saturated rings. The molecule has 0 amide bonds. The van der Waals surface area contributed by atoms with Crippen molar-refractivity contribution < 1.29 is 4.79 Å². The Kier molecular flexibility index (Phi) is 2.16. The molecule has 2 N–H and O–H groups in total. The predicted molar refractivity (Wildman–Crippen MR) is 62.8 cm³/mol. The summed E-state index contributed by atoms with van der Waals surface area (Å²) in [4.78, 5) is 11.9. The molecule has 1 aliphatic rings. The Morgan fingerprint density at radius 2 is 2.00 bits per heavy atom. The van der Waals surface area contributed by atoms with E-state index in [0.717, 1.165) is 5.56 Å². The maximum absolute atomic E-state index is 11.9. The second kappa shape index (κ2) is 3.24. The third-order valence-corrected chi connectivity index (χ3v) is 3.06. The third-order valence-electron chi connectivity index (χ3n) is 2.55. The largest absolute Gasteiger partial charge is 0.399 e. The Morgan fingerprint density at radius 3 is 2.67 bits per heavy atom.